The van der Waals surface area contributed by atoms with Gasteiger partial charge in [0, 0.05) is 30.7 Å². The molecule has 4 nitrogen and oxygen atoms in total. The van der Waals surface area contributed by atoms with Crippen LogP contribution in [0.2, 0.25) is 0 Å². The first-order valence-corrected chi connectivity index (χ1v) is 10.5. The Kier molecular flexibility index (Phi) is 5.53. The van der Waals surface area contributed by atoms with Crippen LogP contribution in [0.4, 0.5) is 23.7 Å². The van der Waals surface area contributed by atoms with Crippen molar-refractivity contribution in [3.63, 3.8) is 0 Å². The van der Waals surface area contributed by atoms with Gasteiger partial charge in [-0.25, -0.2) is 4.79 Å². The number of rotatable bonds is 2. The zero-order chi connectivity index (χ0) is 23.1. The van der Waals surface area contributed by atoms with Gasteiger partial charge in [0.05, 0.1) is 11.6 Å². The Balaban J connectivity index is 1.64. The van der Waals surface area contributed by atoms with Crippen molar-refractivity contribution in [1.82, 2.24) is 9.47 Å². The number of amides is 2. The van der Waals surface area contributed by atoms with E-state index in [1.807, 2.05) is 30.5 Å². The van der Waals surface area contributed by atoms with Crippen molar-refractivity contribution in [2.45, 2.75) is 44.9 Å². The van der Waals surface area contributed by atoms with Crippen LogP contribution in [0.15, 0.2) is 66.9 Å². The Labute approximate surface area is 185 Å². The zero-order valence-corrected chi connectivity index (χ0v) is 18.3. The van der Waals surface area contributed by atoms with E-state index in [-0.39, 0.29) is 17.1 Å². The van der Waals surface area contributed by atoms with Gasteiger partial charge in [0.25, 0.3) is 0 Å². The number of carbonyl (C=O) groups is 1. The molecule has 0 fully saturated rings. The van der Waals surface area contributed by atoms with Gasteiger partial charge in [0.1, 0.15) is 0 Å². The Morgan fingerprint density at radius 3 is 2.31 bits per heavy atom. The smallest absolute Gasteiger partial charge is 0.348 e. The molecule has 0 saturated heterocycles. The fraction of sp³-hybridized carbons (Fsp3) is 0.320. The van der Waals surface area contributed by atoms with Crippen LogP contribution in [0.25, 0.3) is 0 Å². The van der Waals surface area contributed by atoms with Gasteiger partial charge in [0.2, 0.25) is 0 Å². The van der Waals surface area contributed by atoms with Gasteiger partial charge in [-0.3, -0.25) is 0 Å². The Morgan fingerprint density at radius 2 is 1.66 bits per heavy atom. The molecule has 0 aliphatic carbocycles. The summed E-state index contributed by atoms with van der Waals surface area (Å²) in [5, 5.41) is 2.66. The molecule has 0 bridgehead atoms. The number of nitrogens with zero attached hydrogens (tertiary/aromatic N) is 2. The van der Waals surface area contributed by atoms with Crippen molar-refractivity contribution in [2.24, 2.45) is 0 Å². The number of aromatic nitrogens is 1. The first kappa shape index (κ1) is 22.0. The Bertz CT molecular complexity index is 1110. The van der Waals surface area contributed by atoms with Crippen LogP contribution in [0.3, 0.4) is 0 Å². The van der Waals surface area contributed by atoms with Crippen molar-refractivity contribution in [3.05, 3.63) is 89.2 Å². The highest BCUT2D eigenvalue weighted by Gasteiger charge is 2.33. The minimum absolute atomic E-state index is 0.00583. The molecule has 1 unspecified atom stereocenters. The van der Waals surface area contributed by atoms with Crippen LogP contribution in [0.5, 0.6) is 0 Å². The predicted octanol–water partition coefficient (Wildman–Crippen LogP) is 6.44. The molecule has 2 amide bonds. The molecule has 0 radical (unpaired) electrons. The van der Waals surface area contributed by atoms with Crippen LogP contribution in [0.1, 0.15) is 49.2 Å². The highest BCUT2D eigenvalue weighted by molar-refractivity contribution is 5.90. The SMILES string of the molecule is CC(C)(C)c1ccc(C2c3cccn3CCN2C(=O)Nc2cccc(C(F)(F)F)c2)cc1. The summed E-state index contributed by atoms with van der Waals surface area (Å²) in [5.41, 5.74) is 2.44. The number of benzene rings is 2. The Morgan fingerprint density at radius 1 is 0.938 bits per heavy atom. The summed E-state index contributed by atoms with van der Waals surface area (Å²) >= 11 is 0. The van der Waals surface area contributed by atoms with E-state index in [2.05, 4.69) is 42.8 Å². The summed E-state index contributed by atoms with van der Waals surface area (Å²) in [7, 11) is 0. The lowest BCUT2D eigenvalue weighted by molar-refractivity contribution is -0.137. The first-order valence-electron chi connectivity index (χ1n) is 10.5. The minimum atomic E-state index is -4.47. The summed E-state index contributed by atoms with van der Waals surface area (Å²) in [5.74, 6) is 0. The van der Waals surface area contributed by atoms with Gasteiger partial charge in [-0.1, -0.05) is 51.1 Å². The topological polar surface area (TPSA) is 37.3 Å². The number of alkyl halides is 3. The second-order valence-corrected chi connectivity index (χ2v) is 9.10. The fourth-order valence-corrected chi connectivity index (χ4v) is 4.09. The van der Waals surface area contributed by atoms with E-state index < -0.39 is 17.8 Å². The molecule has 168 valence electrons. The summed E-state index contributed by atoms with van der Waals surface area (Å²) in [6.07, 6.45) is -2.49. The van der Waals surface area contributed by atoms with Crippen molar-refractivity contribution in [2.75, 3.05) is 11.9 Å². The number of carbonyl (C=O) groups excluding carboxylic acids is 1. The van der Waals surface area contributed by atoms with Gasteiger partial charge in [-0.15, -0.1) is 0 Å². The standard InChI is InChI=1S/C25H26F3N3O/c1-24(2,3)18-11-9-17(10-12-18)22-21-8-5-13-30(21)14-15-31(22)23(32)29-20-7-4-6-19(16-20)25(26,27)28/h4-13,16,22H,14-15H2,1-3H3,(H,29,32). The first-order chi connectivity index (χ1) is 15.0. The lowest BCUT2D eigenvalue weighted by Crippen LogP contribution is -2.44. The lowest BCUT2D eigenvalue weighted by Gasteiger charge is -2.37. The van der Waals surface area contributed by atoms with Crippen LogP contribution < -0.4 is 5.32 Å². The maximum Gasteiger partial charge on any atom is 0.416 e. The molecule has 7 heteroatoms. The number of anilines is 1. The molecule has 1 aliphatic heterocycles. The third-order valence-electron chi connectivity index (χ3n) is 5.83. The molecule has 0 saturated carbocycles. The van der Waals surface area contributed by atoms with Crippen molar-refractivity contribution >= 4 is 11.7 Å². The molecule has 1 atom stereocenters. The quantitative estimate of drug-likeness (QED) is 0.488. The van der Waals surface area contributed by atoms with E-state index >= 15 is 0 Å². The molecule has 1 aromatic heterocycles. The predicted molar refractivity (Wildman–Crippen MR) is 119 cm³/mol. The van der Waals surface area contributed by atoms with E-state index in [1.54, 1.807) is 4.90 Å². The fourth-order valence-electron chi connectivity index (χ4n) is 4.09. The molecule has 3 aromatic rings. The molecule has 2 heterocycles. The van der Waals surface area contributed by atoms with Crippen LogP contribution in [-0.4, -0.2) is 22.0 Å². The summed E-state index contributed by atoms with van der Waals surface area (Å²) in [6, 6.07) is 16.1. The van der Waals surface area contributed by atoms with E-state index in [4.69, 9.17) is 0 Å². The van der Waals surface area contributed by atoms with E-state index in [0.717, 1.165) is 23.4 Å². The van der Waals surface area contributed by atoms with Gasteiger partial charge in [0.15, 0.2) is 0 Å². The highest BCUT2D eigenvalue weighted by Crippen LogP contribution is 2.35. The molecule has 2 aromatic carbocycles. The van der Waals surface area contributed by atoms with Crippen LogP contribution >= 0.6 is 0 Å². The number of nitrogens with one attached hydrogen (secondary N) is 1. The van der Waals surface area contributed by atoms with Crippen molar-refractivity contribution in [3.8, 4) is 0 Å². The molecule has 0 spiro atoms. The maximum atomic E-state index is 13.2. The number of hydrogen-bond acceptors (Lipinski definition) is 1. The van der Waals surface area contributed by atoms with Gasteiger partial charge >= 0.3 is 12.2 Å². The van der Waals surface area contributed by atoms with Crippen LogP contribution in [-0.2, 0) is 18.1 Å². The van der Waals surface area contributed by atoms with Gasteiger partial charge in [-0.05, 0) is 46.9 Å². The second-order valence-electron chi connectivity index (χ2n) is 9.10. The van der Waals surface area contributed by atoms with Crippen molar-refractivity contribution < 1.29 is 18.0 Å². The average Bonchev–Trinajstić information content (AvgIpc) is 3.21. The number of halogens is 3. The number of urea groups is 1. The van der Waals surface area contributed by atoms with E-state index in [0.29, 0.717) is 13.1 Å². The zero-order valence-electron chi connectivity index (χ0n) is 18.3. The highest BCUT2D eigenvalue weighted by atomic mass is 19.4. The van der Waals surface area contributed by atoms with E-state index in [1.165, 1.54) is 17.7 Å². The third-order valence-corrected chi connectivity index (χ3v) is 5.83. The number of hydrogen-bond donors (Lipinski definition) is 1. The molecule has 1 N–H and O–H groups in total. The normalized spacial score (nSPS) is 16.6. The second kappa shape index (κ2) is 8.04. The van der Waals surface area contributed by atoms with Crippen molar-refractivity contribution in [1.29, 1.82) is 0 Å². The summed E-state index contributed by atoms with van der Waals surface area (Å²) in [4.78, 5) is 14.9. The summed E-state index contributed by atoms with van der Waals surface area (Å²) < 4.78 is 41.3. The molecular formula is C25H26F3N3O. The molecular weight excluding hydrogens is 415 g/mol. The molecule has 1 aliphatic rings. The largest absolute Gasteiger partial charge is 0.416 e. The Hall–Kier alpha value is -3.22. The maximum absolute atomic E-state index is 13.2. The monoisotopic (exact) mass is 441 g/mol. The van der Waals surface area contributed by atoms with Gasteiger partial charge < -0.3 is 14.8 Å². The summed E-state index contributed by atoms with van der Waals surface area (Å²) in [6.45, 7) is 7.49. The minimum Gasteiger partial charge on any atom is -0.348 e. The van der Waals surface area contributed by atoms with Gasteiger partial charge in [-0.2, -0.15) is 13.2 Å². The van der Waals surface area contributed by atoms with E-state index in [9.17, 15) is 18.0 Å². The van der Waals surface area contributed by atoms with Crippen LogP contribution in [0, 0.1) is 0 Å². The average molecular weight is 441 g/mol. The lowest BCUT2D eigenvalue weighted by atomic mass is 9.86. The molecule has 4 rings (SSSR count). The molecule has 32 heavy (non-hydrogen) atoms. The number of fused-ring (bicyclic) bond motifs is 1. The third kappa shape index (κ3) is 4.38.